The maximum Gasteiger partial charge on any atom is 0.231 e. The fourth-order valence-corrected chi connectivity index (χ4v) is 4.65. The first-order chi connectivity index (χ1) is 13.9. The summed E-state index contributed by atoms with van der Waals surface area (Å²) in [6.45, 7) is 3.38. The molecular weight excluding hydrogens is 364 g/mol. The van der Waals surface area contributed by atoms with Crippen LogP contribution in [-0.2, 0) is 16.0 Å². The number of hydrogen-bond donors (Lipinski definition) is 2. The zero-order valence-corrected chi connectivity index (χ0v) is 17.1. The highest BCUT2D eigenvalue weighted by Gasteiger charge is 2.44. The van der Waals surface area contributed by atoms with E-state index in [1.807, 2.05) is 36.1 Å². The van der Waals surface area contributed by atoms with E-state index in [0.717, 1.165) is 35.7 Å². The molecule has 6 nitrogen and oxygen atoms in total. The predicted molar refractivity (Wildman–Crippen MR) is 114 cm³/mol. The molecule has 2 saturated heterocycles. The van der Waals surface area contributed by atoms with Gasteiger partial charge in [-0.2, -0.15) is 0 Å². The quantitative estimate of drug-likeness (QED) is 0.843. The minimum atomic E-state index is -0.487. The van der Waals surface area contributed by atoms with E-state index in [-0.39, 0.29) is 23.7 Å². The van der Waals surface area contributed by atoms with Gasteiger partial charge >= 0.3 is 0 Å². The van der Waals surface area contributed by atoms with Crippen LogP contribution in [0.2, 0.25) is 0 Å². The second kappa shape index (κ2) is 7.50. The number of amides is 2. The lowest BCUT2D eigenvalue weighted by molar-refractivity contribution is -0.134. The van der Waals surface area contributed by atoms with Crippen molar-refractivity contribution in [3.63, 3.8) is 0 Å². The maximum absolute atomic E-state index is 13.1. The van der Waals surface area contributed by atoms with E-state index < -0.39 is 5.54 Å². The van der Waals surface area contributed by atoms with E-state index in [9.17, 15) is 9.59 Å². The third-order valence-corrected chi connectivity index (χ3v) is 6.53. The summed E-state index contributed by atoms with van der Waals surface area (Å²) in [7, 11) is 1.62. The second-order valence-corrected chi connectivity index (χ2v) is 8.51. The van der Waals surface area contributed by atoms with Crippen molar-refractivity contribution in [3.8, 4) is 0 Å². The summed E-state index contributed by atoms with van der Waals surface area (Å²) >= 11 is 0. The van der Waals surface area contributed by atoms with Crippen molar-refractivity contribution in [3.05, 3.63) is 48.0 Å². The Balaban J connectivity index is 1.49. The van der Waals surface area contributed by atoms with Gasteiger partial charge in [-0.05, 0) is 42.0 Å². The molecule has 2 heterocycles. The number of piperidine rings is 1. The van der Waals surface area contributed by atoms with Crippen molar-refractivity contribution in [2.75, 3.05) is 20.1 Å². The van der Waals surface area contributed by atoms with Crippen LogP contribution in [0.3, 0.4) is 0 Å². The molecule has 6 heteroatoms. The van der Waals surface area contributed by atoms with Gasteiger partial charge in [0.05, 0.1) is 18.4 Å². The van der Waals surface area contributed by atoms with E-state index in [4.69, 9.17) is 5.41 Å². The average molecular weight is 393 g/mol. The highest BCUT2D eigenvalue weighted by molar-refractivity contribution is 5.98. The number of carbonyl (C=O) groups excluding carboxylic acids is 2. The fraction of sp³-hybridized carbons (Fsp3) is 0.435. The van der Waals surface area contributed by atoms with Gasteiger partial charge in [0.1, 0.15) is 0 Å². The number of guanidine groups is 1. The van der Waals surface area contributed by atoms with Crippen molar-refractivity contribution < 1.29 is 9.59 Å². The smallest absolute Gasteiger partial charge is 0.231 e. The summed E-state index contributed by atoms with van der Waals surface area (Å²) in [5.74, 6) is 0.369. The second-order valence-electron chi connectivity index (χ2n) is 8.51. The third kappa shape index (κ3) is 3.71. The van der Waals surface area contributed by atoms with Crippen LogP contribution in [0.15, 0.2) is 42.5 Å². The van der Waals surface area contributed by atoms with Crippen molar-refractivity contribution >= 4 is 28.5 Å². The summed E-state index contributed by atoms with van der Waals surface area (Å²) < 4.78 is 0. The number of likely N-dealkylation sites (tertiary alicyclic amines) is 1. The van der Waals surface area contributed by atoms with Crippen molar-refractivity contribution in [2.45, 2.75) is 38.1 Å². The Morgan fingerprint density at radius 2 is 2.00 bits per heavy atom. The van der Waals surface area contributed by atoms with E-state index in [2.05, 4.69) is 23.5 Å². The van der Waals surface area contributed by atoms with Crippen LogP contribution in [0, 0.1) is 11.3 Å². The first-order valence-electron chi connectivity index (χ1n) is 10.2. The molecule has 2 aromatic rings. The molecular formula is C23H28N4O2. The minimum absolute atomic E-state index is 0.0459. The lowest BCUT2D eigenvalue weighted by Crippen LogP contribution is -2.65. The van der Waals surface area contributed by atoms with Crippen LogP contribution < -0.4 is 5.32 Å². The normalized spacial score (nSPS) is 25.2. The molecule has 0 aromatic heterocycles. The van der Waals surface area contributed by atoms with Crippen molar-refractivity contribution in [2.24, 2.45) is 5.92 Å². The topological polar surface area (TPSA) is 76.5 Å². The number of carbonyl (C=O) groups is 2. The zero-order chi connectivity index (χ0) is 20.6. The maximum atomic E-state index is 13.1. The summed E-state index contributed by atoms with van der Waals surface area (Å²) in [5, 5.41) is 13.6. The van der Waals surface area contributed by atoms with Crippen LogP contribution in [0.5, 0.6) is 0 Å². The van der Waals surface area contributed by atoms with Gasteiger partial charge in [0.15, 0.2) is 5.96 Å². The van der Waals surface area contributed by atoms with Crippen LogP contribution >= 0.6 is 0 Å². The molecule has 1 unspecified atom stereocenters. The van der Waals surface area contributed by atoms with Gasteiger partial charge in [0, 0.05) is 20.1 Å². The summed E-state index contributed by atoms with van der Waals surface area (Å²) in [6, 6.07) is 14.3. The largest absolute Gasteiger partial charge is 0.350 e. The molecule has 29 heavy (non-hydrogen) atoms. The lowest BCUT2D eigenvalue weighted by atomic mass is 9.76. The molecule has 4 rings (SSSR count). The minimum Gasteiger partial charge on any atom is -0.350 e. The molecule has 152 valence electrons. The Bertz CT molecular complexity index is 947. The average Bonchev–Trinajstić information content (AvgIpc) is 2.72. The van der Waals surface area contributed by atoms with Crippen molar-refractivity contribution in [1.29, 1.82) is 5.41 Å². The Morgan fingerprint density at radius 1 is 1.24 bits per heavy atom. The number of hydrogen-bond acceptors (Lipinski definition) is 3. The first-order valence-corrected chi connectivity index (χ1v) is 10.2. The highest BCUT2D eigenvalue weighted by Crippen LogP contribution is 2.33. The number of rotatable bonds is 3. The van der Waals surface area contributed by atoms with E-state index in [1.165, 1.54) is 4.90 Å². The molecule has 0 saturated carbocycles. The van der Waals surface area contributed by atoms with E-state index in [0.29, 0.717) is 19.4 Å². The van der Waals surface area contributed by atoms with Gasteiger partial charge in [-0.25, -0.2) is 0 Å². The van der Waals surface area contributed by atoms with Gasteiger partial charge in [-0.1, -0.05) is 42.5 Å². The molecule has 2 aliphatic heterocycles. The molecule has 2 aliphatic rings. The highest BCUT2D eigenvalue weighted by atomic mass is 16.2. The Morgan fingerprint density at radius 3 is 2.79 bits per heavy atom. The summed E-state index contributed by atoms with van der Waals surface area (Å²) in [5.41, 5.74) is 0.565. The molecule has 2 amide bonds. The van der Waals surface area contributed by atoms with Crippen LogP contribution in [0.1, 0.15) is 31.7 Å². The molecule has 2 fully saturated rings. The Hall–Kier alpha value is -2.89. The summed E-state index contributed by atoms with van der Waals surface area (Å²) in [4.78, 5) is 28.7. The van der Waals surface area contributed by atoms with Gasteiger partial charge in [0.25, 0.3) is 0 Å². The fourth-order valence-electron chi connectivity index (χ4n) is 4.65. The standard InChI is InChI=1S/C23H28N4O2/c1-23(14-21(29)26(2)22(24)25-23)18-10-6-12-27(15-18)20(28)13-17-9-5-8-16-7-3-4-11-19(16)17/h3-5,7-9,11,18H,6,10,12-15H2,1-2H3,(H2,24,25)/t18?,23-/m0/s1. The first kappa shape index (κ1) is 19.4. The van der Waals surface area contributed by atoms with Crippen molar-refractivity contribution in [1.82, 2.24) is 15.1 Å². The number of nitrogens with one attached hydrogen (secondary N) is 2. The van der Waals surface area contributed by atoms with Gasteiger partial charge in [-0.15, -0.1) is 0 Å². The molecule has 0 bridgehead atoms. The number of nitrogens with zero attached hydrogens (tertiary/aromatic N) is 2. The number of benzene rings is 2. The van der Waals surface area contributed by atoms with Gasteiger partial charge in [-0.3, -0.25) is 19.9 Å². The Labute approximate surface area is 171 Å². The summed E-state index contributed by atoms with van der Waals surface area (Å²) in [6.07, 6.45) is 2.60. The van der Waals surface area contributed by atoms with Crippen LogP contribution in [0.4, 0.5) is 0 Å². The third-order valence-electron chi connectivity index (χ3n) is 6.53. The van der Waals surface area contributed by atoms with Crippen LogP contribution in [0.25, 0.3) is 10.8 Å². The lowest BCUT2D eigenvalue weighted by Gasteiger charge is -2.47. The molecule has 2 atom stereocenters. The number of fused-ring (bicyclic) bond motifs is 1. The SMILES string of the molecule is CN1C(=N)N[C@](C)(C2CCCN(C(=O)Cc3cccc4ccccc34)C2)CC1=O. The molecule has 2 N–H and O–H groups in total. The van der Waals surface area contributed by atoms with Crippen LogP contribution in [-0.4, -0.2) is 53.2 Å². The predicted octanol–water partition coefficient (Wildman–Crippen LogP) is 2.77. The molecule has 0 radical (unpaired) electrons. The molecule has 2 aromatic carbocycles. The molecule has 0 aliphatic carbocycles. The van der Waals surface area contributed by atoms with E-state index >= 15 is 0 Å². The van der Waals surface area contributed by atoms with E-state index in [1.54, 1.807) is 7.05 Å². The van der Waals surface area contributed by atoms with Gasteiger partial charge < -0.3 is 10.2 Å². The monoisotopic (exact) mass is 392 g/mol. The Kier molecular flexibility index (Phi) is 5.03. The zero-order valence-electron chi connectivity index (χ0n) is 17.1. The van der Waals surface area contributed by atoms with Gasteiger partial charge in [0.2, 0.25) is 11.8 Å². The molecule has 0 spiro atoms.